The Morgan fingerprint density at radius 2 is 2.21 bits per heavy atom. The molecule has 1 fully saturated rings. The molecule has 0 N–H and O–H groups in total. The third-order valence-electron chi connectivity index (χ3n) is 3.82. The molecule has 1 aliphatic heterocycles. The first kappa shape index (κ1) is 18.7. The first-order chi connectivity index (χ1) is 11.4. The van der Waals surface area contributed by atoms with Crippen LogP contribution < -0.4 is 0 Å². The molecule has 0 unspecified atom stereocenters. The van der Waals surface area contributed by atoms with Gasteiger partial charge in [0.2, 0.25) is 0 Å². The van der Waals surface area contributed by atoms with Crippen molar-refractivity contribution in [2.45, 2.75) is 24.4 Å². The molecule has 0 radical (unpaired) electrons. The number of carbonyl (C=O) groups excluding carboxylic acids is 2. The van der Waals surface area contributed by atoms with Crippen molar-refractivity contribution in [2.24, 2.45) is 0 Å². The number of esters is 1. The summed E-state index contributed by atoms with van der Waals surface area (Å²) in [6, 6.07) is 2.87. The van der Waals surface area contributed by atoms with Crippen LogP contribution in [0.25, 0.3) is 0 Å². The lowest BCUT2D eigenvalue weighted by molar-refractivity contribution is -0.136. The molecule has 132 valence electrons. The van der Waals surface area contributed by atoms with Crippen LogP contribution in [0.2, 0.25) is 0 Å². The number of likely N-dealkylation sites (N-methyl/N-ethyl adjacent to an activating group) is 1. The number of sulfone groups is 1. The summed E-state index contributed by atoms with van der Waals surface area (Å²) >= 11 is 1.31. The molecule has 1 aromatic rings. The largest absolute Gasteiger partial charge is 0.452 e. The van der Waals surface area contributed by atoms with Crippen molar-refractivity contribution in [1.29, 1.82) is 0 Å². The lowest BCUT2D eigenvalue weighted by Gasteiger charge is -2.26. The second-order valence-electron chi connectivity index (χ2n) is 5.37. The van der Waals surface area contributed by atoms with Gasteiger partial charge in [0.1, 0.15) is 5.03 Å². The number of hydrogen-bond acceptors (Lipinski definition) is 7. The Morgan fingerprint density at radius 3 is 2.79 bits per heavy atom. The van der Waals surface area contributed by atoms with Gasteiger partial charge in [-0.1, -0.05) is 0 Å². The van der Waals surface area contributed by atoms with Gasteiger partial charge in [-0.3, -0.25) is 4.79 Å². The first-order valence-electron chi connectivity index (χ1n) is 7.54. The van der Waals surface area contributed by atoms with E-state index in [0.29, 0.717) is 23.6 Å². The van der Waals surface area contributed by atoms with Crippen LogP contribution in [0, 0.1) is 0 Å². The van der Waals surface area contributed by atoms with Gasteiger partial charge >= 0.3 is 5.97 Å². The van der Waals surface area contributed by atoms with Crippen LogP contribution in [-0.2, 0) is 19.4 Å². The zero-order valence-corrected chi connectivity index (χ0v) is 15.2. The lowest BCUT2D eigenvalue weighted by atomic mass is 10.2. The average Bonchev–Trinajstić information content (AvgIpc) is 2.92. The summed E-state index contributed by atoms with van der Waals surface area (Å²) in [6.45, 7) is 1.74. The summed E-state index contributed by atoms with van der Waals surface area (Å²) in [5.41, 5.74) is 0.310. The van der Waals surface area contributed by atoms with Gasteiger partial charge in [0.25, 0.3) is 5.91 Å². The quantitative estimate of drug-likeness (QED) is 0.543. The molecule has 9 heteroatoms. The highest BCUT2D eigenvalue weighted by atomic mass is 32.2. The van der Waals surface area contributed by atoms with E-state index in [1.165, 1.54) is 16.7 Å². The fraction of sp³-hybridized carbons (Fsp3) is 0.533. The van der Waals surface area contributed by atoms with E-state index in [-0.39, 0.29) is 23.5 Å². The minimum atomic E-state index is -3.08. The summed E-state index contributed by atoms with van der Waals surface area (Å²) in [5.74, 6) is -0.938. The molecule has 1 saturated heterocycles. The number of thioether (sulfide) groups is 1. The van der Waals surface area contributed by atoms with E-state index in [1.807, 2.05) is 0 Å². The SMILES string of the molecule is CCN(C(=O)COC(=O)c1cccnc1SC)[C@H]1CCS(=O)(=O)C1. The molecule has 2 rings (SSSR count). The van der Waals surface area contributed by atoms with Gasteiger partial charge in [-0.15, -0.1) is 11.8 Å². The van der Waals surface area contributed by atoms with E-state index < -0.39 is 22.4 Å². The molecular weight excluding hydrogens is 352 g/mol. The van der Waals surface area contributed by atoms with E-state index >= 15 is 0 Å². The fourth-order valence-electron chi connectivity index (χ4n) is 2.66. The highest BCUT2D eigenvalue weighted by Gasteiger charge is 2.34. The van der Waals surface area contributed by atoms with Crippen molar-refractivity contribution in [3.63, 3.8) is 0 Å². The molecule has 0 aliphatic carbocycles. The monoisotopic (exact) mass is 372 g/mol. The summed E-state index contributed by atoms with van der Waals surface area (Å²) in [7, 11) is -3.08. The van der Waals surface area contributed by atoms with Gasteiger partial charge < -0.3 is 9.64 Å². The maximum atomic E-state index is 12.3. The van der Waals surface area contributed by atoms with E-state index in [0.717, 1.165) is 0 Å². The Bertz CT molecular complexity index is 720. The molecule has 0 bridgehead atoms. The zero-order valence-electron chi connectivity index (χ0n) is 13.6. The van der Waals surface area contributed by atoms with E-state index in [1.54, 1.807) is 31.5 Å². The number of pyridine rings is 1. The van der Waals surface area contributed by atoms with E-state index in [2.05, 4.69) is 4.98 Å². The topological polar surface area (TPSA) is 93.6 Å². The summed E-state index contributed by atoms with van der Waals surface area (Å²) in [5, 5.41) is 0.532. The third-order valence-corrected chi connectivity index (χ3v) is 6.28. The third kappa shape index (κ3) is 4.47. The highest BCUT2D eigenvalue weighted by Crippen LogP contribution is 2.19. The minimum absolute atomic E-state index is 0.0280. The van der Waals surface area contributed by atoms with Crippen molar-refractivity contribution in [3.05, 3.63) is 23.9 Å². The molecular formula is C15H20N2O5S2. The predicted molar refractivity (Wildman–Crippen MR) is 90.7 cm³/mol. The van der Waals surface area contributed by atoms with Crippen molar-refractivity contribution in [2.75, 3.05) is 30.9 Å². The molecule has 24 heavy (non-hydrogen) atoms. The number of rotatable bonds is 6. The minimum Gasteiger partial charge on any atom is -0.452 e. The molecule has 0 saturated carbocycles. The number of nitrogens with zero attached hydrogens (tertiary/aromatic N) is 2. The number of amides is 1. The molecule has 7 nitrogen and oxygen atoms in total. The molecule has 0 spiro atoms. The molecule has 2 heterocycles. The van der Waals surface area contributed by atoms with E-state index in [4.69, 9.17) is 4.74 Å². The number of aromatic nitrogens is 1. The van der Waals surface area contributed by atoms with Crippen LogP contribution >= 0.6 is 11.8 Å². The number of hydrogen-bond donors (Lipinski definition) is 0. The zero-order chi connectivity index (χ0) is 17.7. The van der Waals surface area contributed by atoms with Crippen LogP contribution in [-0.4, -0.2) is 67.1 Å². The lowest BCUT2D eigenvalue weighted by Crippen LogP contribution is -2.43. The van der Waals surface area contributed by atoms with Crippen LogP contribution in [0.15, 0.2) is 23.4 Å². The van der Waals surface area contributed by atoms with Gasteiger partial charge in [0.15, 0.2) is 16.4 Å². The van der Waals surface area contributed by atoms with Crippen LogP contribution in [0.4, 0.5) is 0 Å². The van der Waals surface area contributed by atoms with E-state index in [9.17, 15) is 18.0 Å². The van der Waals surface area contributed by atoms with Gasteiger partial charge in [0, 0.05) is 18.8 Å². The summed E-state index contributed by atoms with van der Waals surface area (Å²) < 4.78 is 28.2. The maximum absolute atomic E-state index is 12.3. The van der Waals surface area contributed by atoms with Gasteiger partial charge in [-0.05, 0) is 31.7 Å². The molecule has 1 aromatic heterocycles. The van der Waals surface area contributed by atoms with Crippen molar-refractivity contribution < 1.29 is 22.7 Å². The number of carbonyl (C=O) groups is 2. The van der Waals surface area contributed by atoms with Crippen LogP contribution in [0.3, 0.4) is 0 Å². The molecule has 1 atom stereocenters. The molecule has 0 aromatic carbocycles. The average molecular weight is 372 g/mol. The molecule has 1 aliphatic rings. The Balaban J connectivity index is 1.97. The van der Waals surface area contributed by atoms with Crippen molar-refractivity contribution in [1.82, 2.24) is 9.88 Å². The Morgan fingerprint density at radius 1 is 1.46 bits per heavy atom. The highest BCUT2D eigenvalue weighted by molar-refractivity contribution is 7.98. The number of ether oxygens (including phenoxy) is 1. The predicted octanol–water partition coefficient (Wildman–Crippen LogP) is 0.996. The fourth-order valence-corrected chi connectivity index (χ4v) is 4.92. The van der Waals surface area contributed by atoms with Gasteiger partial charge in [0.05, 0.1) is 17.1 Å². The second kappa shape index (κ2) is 7.98. The Labute approximate surface area is 145 Å². The summed E-state index contributed by atoms with van der Waals surface area (Å²) in [6.07, 6.45) is 3.80. The van der Waals surface area contributed by atoms with Crippen molar-refractivity contribution >= 4 is 33.5 Å². The smallest absolute Gasteiger partial charge is 0.341 e. The van der Waals surface area contributed by atoms with Gasteiger partial charge in [-0.2, -0.15) is 0 Å². The first-order valence-corrected chi connectivity index (χ1v) is 10.6. The molecule has 1 amide bonds. The van der Waals surface area contributed by atoms with Crippen LogP contribution in [0.1, 0.15) is 23.7 Å². The standard InChI is InChI=1S/C15H20N2O5S2/c1-3-17(11-6-8-24(20,21)10-11)13(18)9-22-15(19)12-5-4-7-16-14(12)23-2/h4-5,7,11H,3,6,8-10H2,1-2H3/t11-/m0/s1. The second-order valence-corrected chi connectivity index (χ2v) is 8.40. The Kier molecular flexibility index (Phi) is 6.22. The Hall–Kier alpha value is -1.61. The van der Waals surface area contributed by atoms with Gasteiger partial charge in [-0.25, -0.2) is 18.2 Å². The van der Waals surface area contributed by atoms with Crippen LogP contribution in [0.5, 0.6) is 0 Å². The summed E-state index contributed by atoms with van der Waals surface area (Å²) in [4.78, 5) is 30.0. The maximum Gasteiger partial charge on any atom is 0.341 e. The normalized spacial score (nSPS) is 19.0. The van der Waals surface area contributed by atoms with Crippen molar-refractivity contribution in [3.8, 4) is 0 Å².